The van der Waals surface area contributed by atoms with Gasteiger partial charge in [-0.15, -0.1) is 0 Å². The normalized spacial score (nSPS) is 10.2. The first-order chi connectivity index (χ1) is 11.1. The van der Waals surface area contributed by atoms with E-state index in [1.165, 1.54) is 12.1 Å². The van der Waals surface area contributed by atoms with Crippen molar-refractivity contribution in [1.82, 2.24) is 5.32 Å². The second kappa shape index (κ2) is 8.17. The molecule has 0 saturated carbocycles. The van der Waals surface area contributed by atoms with Gasteiger partial charge in [0.1, 0.15) is 5.75 Å². The standard InChI is InChI=1S/C18H20FNO3/c1-3-14-10-13(8-9-16(14)22-2)11-20-18(21)12-23-17-7-5-4-6-15(17)19/h4-10H,3,11-12H2,1-2H3,(H,20,21). The summed E-state index contributed by atoms with van der Waals surface area (Å²) >= 11 is 0. The molecule has 0 aliphatic carbocycles. The lowest BCUT2D eigenvalue weighted by Gasteiger charge is -2.11. The Bertz CT molecular complexity index is 673. The molecule has 0 unspecified atom stereocenters. The van der Waals surface area contributed by atoms with E-state index in [2.05, 4.69) is 5.32 Å². The van der Waals surface area contributed by atoms with E-state index >= 15 is 0 Å². The van der Waals surface area contributed by atoms with Crippen molar-refractivity contribution in [3.63, 3.8) is 0 Å². The van der Waals surface area contributed by atoms with E-state index < -0.39 is 5.82 Å². The second-order valence-electron chi connectivity index (χ2n) is 5.00. The fourth-order valence-corrected chi connectivity index (χ4v) is 2.17. The highest BCUT2D eigenvalue weighted by Gasteiger charge is 2.07. The fraction of sp³-hybridized carbons (Fsp3) is 0.278. The van der Waals surface area contributed by atoms with E-state index in [0.717, 1.165) is 23.3 Å². The van der Waals surface area contributed by atoms with Crippen LogP contribution in [0.4, 0.5) is 4.39 Å². The molecule has 0 saturated heterocycles. The molecule has 2 rings (SSSR count). The van der Waals surface area contributed by atoms with E-state index in [-0.39, 0.29) is 18.3 Å². The molecule has 23 heavy (non-hydrogen) atoms. The van der Waals surface area contributed by atoms with Crippen LogP contribution in [0.1, 0.15) is 18.1 Å². The fourth-order valence-electron chi connectivity index (χ4n) is 2.17. The number of nitrogens with one attached hydrogen (secondary N) is 1. The number of para-hydroxylation sites is 1. The lowest BCUT2D eigenvalue weighted by atomic mass is 10.1. The van der Waals surface area contributed by atoms with E-state index in [4.69, 9.17) is 9.47 Å². The van der Waals surface area contributed by atoms with Gasteiger partial charge in [-0.1, -0.05) is 31.2 Å². The van der Waals surface area contributed by atoms with Crippen molar-refractivity contribution in [3.05, 3.63) is 59.4 Å². The number of benzene rings is 2. The minimum absolute atomic E-state index is 0.0698. The quantitative estimate of drug-likeness (QED) is 0.853. The predicted molar refractivity (Wildman–Crippen MR) is 86.1 cm³/mol. The lowest BCUT2D eigenvalue weighted by molar-refractivity contribution is -0.123. The van der Waals surface area contributed by atoms with Crippen molar-refractivity contribution in [1.29, 1.82) is 0 Å². The van der Waals surface area contributed by atoms with Gasteiger partial charge in [0.2, 0.25) is 0 Å². The zero-order valence-electron chi connectivity index (χ0n) is 13.3. The Balaban J connectivity index is 1.86. The molecule has 0 heterocycles. The zero-order valence-corrected chi connectivity index (χ0v) is 13.3. The molecule has 2 aromatic carbocycles. The first kappa shape index (κ1) is 16.8. The summed E-state index contributed by atoms with van der Waals surface area (Å²) < 4.78 is 23.8. The third-order valence-electron chi connectivity index (χ3n) is 3.41. The van der Waals surface area contributed by atoms with Gasteiger partial charge in [0.05, 0.1) is 7.11 Å². The number of carbonyl (C=O) groups excluding carboxylic acids is 1. The van der Waals surface area contributed by atoms with Crippen LogP contribution in [-0.2, 0) is 17.8 Å². The number of ether oxygens (including phenoxy) is 2. The molecule has 122 valence electrons. The number of aryl methyl sites for hydroxylation is 1. The first-order valence-corrected chi connectivity index (χ1v) is 7.43. The van der Waals surface area contributed by atoms with Crippen LogP contribution in [-0.4, -0.2) is 19.6 Å². The molecular formula is C18H20FNO3. The van der Waals surface area contributed by atoms with Crippen LogP contribution in [0.2, 0.25) is 0 Å². The van der Waals surface area contributed by atoms with Gasteiger partial charge in [-0.2, -0.15) is 0 Å². The van der Waals surface area contributed by atoms with Crippen molar-refractivity contribution >= 4 is 5.91 Å². The molecule has 0 aliphatic rings. The number of hydrogen-bond donors (Lipinski definition) is 1. The maximum atomic E-state index is 13.4. The summed E-state index contributed by atoms with van der Waals surface area (Å²) in [5.74, 6) is 0.121. The van der Waals surface area contributed by atoms with E-state index in [0.29, 0.717) is 6.54 Å². The van der Waals surface area contributed by atoms with Crippen LogP contribution in [0.25, 0.3) is 0 Å². The van der Waals surface area contributed by atoms with Crippen LogP contribution >= 0.6 is 0 Å². The van der Waals surface area contributed by atoms with Gasteiger partial charge in [0, 0.05) is 6.54 Å². The summed E-state index contributed by atoms with van der Waals surface area (Å²) in [6.45, 7) is 2.21. The average molecular weight is 317 g/mol. The molecule has 1 N–H and O–H groups in total. The first-order valence-electron chi connectivity index (χ1n) is 7.43. The maximum absolute atomic E-state index is 13.4. The Morgan fingerprint density at radius 2 is 1.96 bits per heavy atom. The maximum Gasteiger partial charge on any atom is 0.258 e. The number of carbonyl (C=O) groups is 1. The Morgan fingerprint density at radius 3 is 2.65 bits per heavy atom. The molecular weight excluding hydrogens is 297 g/mol. The smallest absolute Gasteiger partial charge is 0.258 e. The van der Waals surface area contributed by atoms with Crippen molar-refractivity contribution in [2.45, 2.75) is 19.9 Å². The third kappa shape index (κ3) is 4.71. The molecule has 0 aromatic heterocycles. The number of methoxy groups -OCH3 is 1. The molecule has 5 heteroatoms. The number of amides is 1. The topological polar surface area (TPSA) is 47.6 Å². The molecule has 0 aliphatic heterocycles. The number of halogens is 1. The summed E-state index contributed by atoms with van der Waals surface area (Å²) in [4.78, 5) is 11.8. The molecule has 0 radical (unpaired) electrons. The van der Waals surface area contributed by atoms with Crippen molar-refractivity contribution in [2.75, 3.05) is 13.7 Å². The minimum atomic E-state index is -0.483. The zero-order chi connectivity index (χ0) is 16.7. The Hall–Kier alpha value is -2.56. The third-order valence-corrected chi connectivity index (χ3v) is 3.41. The highest BCUT2D eigenvalue weighted by Crippen LogP contribution is 2.20. The average Bonchev–Trinajstić information content (AvgIpc) is 2.58. The monoisotopic (exact) mass is 317 g/mol. The van der Waals surface area contributed by atoms with E-state index in [1.54, 1.807) is 19.2 Å². The molecule has 0 atom stereocenters. The van der Waals surface area contributed by atoms with Gasteiger partial charge in [-0.05, 0) is 35.7 Å². The van der Waals surface area contributed by atoms with Crippen LogP contribution in [0.5, 0.6) is 11.5 Å². The highest BCUT2D eigenvalue weighted by molar-refractivity contribution is 5.77. The predicted octanol–water partition coefficient (Wildman–Crippen LogP) is 3.09. The van der Waals surface area contributed by atoms with E-state index in [9.17, 15) is 9.18 Å². The van der Waals surface area contributed by atoms with Crippen LogP contribution in [0, 0.1) is 5.82 Å². The van der Waals surface area contributed by atoms with Crippen LogP contribution in [0.15, 0.2) is 42.5 Å². The summed E-state index contributed by atoms with van der Waals surface area (Å²) in [5, 5.41) is 2.75. The largest absolute Gasteiger partial charge is 0.496 e. The van der Waals surface area contributed by atoms with Gasteiger partial charge < -0.3 is 14.8 Å². The lowest BCUT2D eigenvalue weighted by Crippen LogP contribution is -2.28. The Kier molecular flexibility index (Phi) is 5.97. The van der Waals surface area contributed by atoms with Crippen molar-refractivity contribution in [2.24, 2.45) is 0 Å². The molecule has 0 spiro atoms. The highest BCUT2D eigenvalue weighted by atomic mass is 19.1. The van der Waals surface area contributed by atoms with Crippen LogP contribution in [0.3, 0.4) is 0 Å². The molecule has 4 nitrogen and oxygen atoms in total. The molecule has 1 amide bonds. The summed E-state index contributed by atoms with van der Waals surface area (Å²) in [5.41, 5.74) is 2.06. The van der Waals surface area contributed by atoms with Crippen molar-refractivity contribution in [3.8, 4) is 11.5 Å². The number of rotatable bonds is 7. The Labute approximate surface area is 135 Å². The van der Waals surface area contributed by atoms with Gasteiger partial charge in [-0.25, -0.2) is 4.39 Å². The SMILES string of the molecule is CCc1cc(CNC(=O)COc2ccccc2F)ccc1OC. The summed E-state index contributed by atoms with van der Waals surface area (Å²) in [6.07, 6.45) is 0.849. The number of hydrogen-bond acceptors (Lipinski definition) is 3. The van der Waals surface area contributed by atoms with Gasteiger partial charge in [0.25, 0.3) is 5.91 Å². The summed E-state index contributed by atoms with van der Waals surface area (Å²) in [6, 6.07) is 11.8. The second-order valence-corrected chi connectivity index (χ2v) is 5.00. The van der Waals surface area contributed by atoms with Gasteiger partial charge in [0.15, 0.2) is 18.2 Å². The molecule has 0 fully saturated rings. The molecule has 0 bridgehead atoms. The summed E-state index contributed by atoms with van der Waals surface area (Å²) in [7, 11) is 1.63. The van der Waals surface area contributed by atoms with Gasteiger partial charge in [-0.3, -0.25) is 4.79 Å². The minimum Gasteiger partial charge on any atom is -0.496 e. The van der Waals surface area contributed by atoms with E-state index in [1.807, 2.05) is 25.1 Å². The van der Waals surface area contributed by atoms with Crippen molar-refractivity contribution < 1.29 is 18.7 Å². The van der Waals surface area contributed by atoms with Crippen LogP contribution < -0.4 is 14.8 Å². The Morgan fingerprint density at radius 1 is 1.17 bits per heavy atom. The van der Waals surface area contributed by atoms with Gasteiger partial charge >= 0.3 is 0 Å². The molecule has 2 aromatic rings.